The monoisotopic (exact) mass is 880 g/mol. The van der Waals surface area contributed by atoms with Gasteiger partial charge in [-0.2, -0.15) is 0 Å². The van der Waals surface area contributed by atoms with Crippen molar-refractivity contribution >= 4 is 22.8 Å². The number of rotatable bonds is 8. The summed E-state index contributed by atoms with van der Waals surface area (Å²) in [6.45, 7) is 4.00. The van der Waals surface area contributed by atoms with E-state index in [1.165, 1.54) is 75.5 Å². The summed E-state index contributed by atoms with van der Waals surface area (Å²) in [5, 5.41) is 21.3. The topological polar surface area (TPSA) is 158 Å². The lowest BCUT2D eigenvalue weighted by molar-refractivity contribution is -0.176. The van der Waals surface area contributed by atoms with Crippen molar-refractivity contribution in [1.82, 2.24) is 9.88 Å². The van der Waals surface area contributed by atoms with Crippen LogP contribution in [0.5, 0.6) is 28.7 Å². The van der Waals surface area contributed by atoms with Gasteiger partial charge in [-0.25, -0.2) is 4.79 Å². The van der Waals surface area contributed by atoms with Crippen LogP contribution < -0.4 is 18.9 Å². The van der Waals surface area contributed by atoms with Gasteiger partial charge in [0.25, 0.3) is 0 Å². The number of nitrogens with one attached hydrogen (secondary N) is 1. The Kier molecular flexibility index (Phi) is 12.3. The maximum atomic E-state index is 13.5. The smallest absolute Gasteiger partial charge is 0.338 e. The van der Waals surface area contributed by atoms with E-state index in [0.29, 0.717) is 41.3 Å². The molecule has 13 heteroatoms. The van der Waals surface area contributed by atoms with Gasteiger partial charge in [0, 0.05) is 42.9 Å². The standard InChI is InChI=1S/C33H40N2O9.C18H24O2/c1-38-19-7-8-20-21-9-10-35-16-18-13-27(44-32(36)17-11-25(39-2)30(41-4)26(12-17)40-3)31(42-5)28(33(37)43-6)22(18)15-24(35)29(21)34-23(20)14-19;1-18-9-8-14-13-5-3-12(19)10-11(13)2-4-15(14)16(18)6-7-17(18)20/h7-8,11-12,14,18,22,24,27-28,31,34H,9-10,13,15-16H2,1-6H3;3,5,10,14-17,19-20H,2,4,6-9H2,1H3/t18-,22+,24-,27-,28+,31+;14-,15-,16+,17+,18+/m11/s1. The fourth-order valence-corrected chi connectivity index (χ4v) is 13.3. The fraction of sp³-hybridized carbons (Fsp3) is 0.569. The number of hydrogen-bond acceptors (Lipinski definition) is 12. The van der Waals surface area contributed by atoms with Crippen molar-refractivity contribution in [3.05, 3.63) is 76.5 Å². The number of methoxy groups -OCH3 is 6. The molecule has 10 rings (SSSR count). The molecule has 6 aliphatic rings. The lowest BCUT2D eigenvalue weighted by Crippen LogP contribution is -2.58. The number of aliphatic hydroxyl groups is 1. The molecule has 3 saturated carbocycles. The van der Waals surface area contributed by atoms with E-state index in [9.17, 15) is 19.8 Å². The SMILES string of the molecule is COC(=O)[C@H]1[C@H]2C[C@@H]3c4[nH]c5cc(OC)ccc5c4CCN3C[C@H]2C[C@@H](OC(=O)c2cc(OC)c(OC)c(OC)c2)[C@@H]1OC.C[C@]12CC[C@@H]3c4ccc(O)cc4CC[C@H]3[C@@H]1CC[C@@H]2O. The molecule has 13 nitrogen and oxygen atoms in total. The molecular weight excluding hydrogens is 817 g/mol. The molecule has 344 valence electrons. The van der Waals surface area contributed by atoms with Crippen LogP contribution in [0.1, 0.15) is 96.6 Å². The van der Waals surface area contributed by atoms with Gasteiger partial charge in [-0.15, -0.1) is 0 Å². The van der Waals surface area contributed by atoms with Crippen LogP contribution >= 0.6 is 0 Å². The summed E-state index contributed by atoms with van der Waals surface area (Å²) >= 11 is 0. The zero-order valence-corrected chi connectivity index (χ0v) is 38.2. The zero-order chi connectivity index (χ0) is 45.0. The Morgan fingerprint density at radius 2 is 1.62 bits per heavy atom. The minimum Gasteiger partial charge on any atom is -0.508 e. The third-order valence-electron chi connectivity index (χ3n) is 16.4. The number of aliphatic hydroxyl groups excluding tert-OH is 1. The molecule has 3 aromatic carbocycles. The van der Waals surface area contributed by atoms with Crippen molar-refractivity contribution in [1.29, 1.82) is 0 Å². The van der Waals surface area contributed by atoms with Gasteiger partial charge < -0.3 is 48.4 Å². The molecule has 11 atom stereocenters. The number of carbonyl (C=O) groups is 2. The van der Waals surface area contributed by atoms with Gasteiger partial charge in [0.2, 0.25) is 5.75 Å². The highest BCUT2D eigenvalue weighted by molar-refractivity contribution is 5.91. The van der Waals surface area contributed by atoms with Gasteiger partial charge in [0.15, 0.2) is 11.5 Å². The summed E-state index contributed by atoms with van der Waals surface area (Å²) in [5.41, 5.74) is 6.82. The number of ether oxygens (including phenoxy) is 7. The van der Waals surface area contributed by atoms with Crippen LogP contribution in [0.15, 0.2) is 48.5 Å². The van der Waals surface area contributed by atoms with Crippen molar-refractivity contribution < 1.29 is 53.0 Å². The van der Waals surface area contributed by atoms with E-state index in [2.05, 4.69) is 28.9 Å². The molecule has 0 spiro atoms. The summed E-state index contributed by atoms with van der Waals surface area (Å²) < 4.78 is 39.1. The van der Waals surface area contributed by atoms with Crippen molar-refractivity contribution in [3.63, 3.8) is 0 Å². The number of aromatic hydroxyl groups is 1. The summed E-state index contributed by atoms with van der Waals surface area (Å²) in [6.07, 6.45) is 7.70. The highest BCUT2D eigenvalue weighted by atomic mass is 16.6. The average Bonchev–Trinajstić information content (AvgIpc) is 3.85. The van der Waals surface area contributed by atoms with Crippen molar-refractivity contribution in [2.45, 2.75) is 95.0 Å². The zero-order valence-electron chi connectivity index (χ0n) is 38.2. The fourth-order valence-electron chi connectivity index (χ4n) is 13.3. The number of phenols is 1. The van der Waals surface area contributed by atoms with E-state index in [0.717, 1.165) is 62.4 Å². The lowest BCUT2D eigenvalue weighted by Gasteiger charge is -2.52. The number of piperidine rings is 1. The molecule has 4 fully saturated rings. The third kappa shape index (κ3) is 7.54. The van der Waals surface area contributed by atoms with E-state index in [1.54, 1.807) is 26.4 Å². The quantitative estimate of drug-likeness (QED) is 0.148. The van der Waals surface area contributed by atoms with E-state index >= 15 is 0 Å². The molecule has 3 heterocycles. The predicted octanol–water partition coefficient (Wildman–Crippen LogP) is 7.78. The number of fused-ring (bicyclic) bond motifs is 11. The number of carbonyl (C=O) groups excluding carboxylic acids is 2. The van der Waals surface area contributed by atoms with Gasteiger partial charge in [0.1, 0.15) is 23.7 Å². The molecule has 3 N–H and O–H groups in total. The molecule has 0 radical (unpaired) electrons. The number of benzene rings is 3. The van der Waals surface area contributed by atoms with Gasteiger partial charge in [-0.1, -0.05) is 13.0 Å². The number of nitrogens with zero attached hydrogens (tertiary/aromatic N) is 1. The number of H-pyrrole nitrogens is 1. The van der Waals surface area contributed by atoms with Gasteiger partial charge in [-0.05, 0) is 146 Å². The molecule has 2 aliphatic heterocycles. The van der Waals surface area contributed by atoms with E-state index < -0.39 is 24.1 Å². The molecule has 1 aromatic heterocycles. The molecular formula is C51H64N2O11. The predicted molar refractivity (Wildman–Crippen MR) is 239 cm³/mol. The first-order valence-corrected chi connectivity index (χ1v) is 23.0. The summed E-state index contributed by atoms with van der Waals surface area (Å²) in [5.74, 6) is 2.93. The average molecular weight is 881 g/mol. The Morgan fingerprint density at radius 1 is 0.844 bits per heavy atom. The second-order valence-electron chi connectivity index (χ2n) is 19.1. The number of phenolic OH excluding ortho intramolecular Hbond substituents is 1. The number of aryl methyl sites for hydroxylation is 1. The lowest BCUT2D eigenvalue weighted by atomic mass is 9.55. The Labute approximate surface area is 375 Å². The van der Waals surface area contributed by atoms with Gasteiger partial charge in [0.05, 0.1) is 59.2 Å². The van der Waals surface area contributed by atoms with Crippen LogP contribution in [-0.4, -0.2) is 106 Å². The summed E-state index contributed by atoms with van der Waals surface area (Å²) in [6, 6.07) is 15.4. The van der Waals surface area contributed by atoms with Crippen LogP contribution in [0.3, 0.4) is 0 Å². The second-order valence-corrected chi connectivity index (χ2v) is 19.1. The molecule has 0 bridgehead atoms. The molecule has 0 amide bonds. The van der Waals surface area contributed by atoms with E-state index in [4.69, 9.17) is 33.2 Å². The van der Waals surface area contributed by atoms with Crippen LogP contribution in [0.2, 0.25) is 0 Å². The molecule has 0 unspecified atom stereocenters. The molecule has 4 aromatic rings. The second kappa shape index (κ2) is 17.8. The number of esters is 2. The van der Waals surface area contributed by atoms with Crippen molar-refractivity contribution in [3.8, 4) is 28.7 Å². The van der Waals surface area contributed by atoms with Crippen LogP contribution in [-0.2, 0) is 31.8 Å². The third-order valence-corrected chi connectivity index (χ3v) is 16.4. The van der Waals surface area contributed by atoms with E-state index in [-0.39, 0.29) is 40.9 Å². The van der Waals surface area contributed by atoms with Crippen molar-refractivity contribution in [2.24, 2.45) is 35.0 Å². The maximum Gasteiger partial charge on any atom is 0.338 e. The van der Waals surface area contributed by atoms with Crippen LogP contribution in [0, 0.1) is 35.0 Å². The minimum atomic E-state index is -0.670. The Balaban J connectivity index is 0.000000214. The van der Waals surface area contributed by atoms with Crippen LogP contribution in [0.4, 0.5) is 0 Å². The first kappa shape index (κ1) is 44.2. The maximum absolute atomic E-state index is 13.5. The Hall–Kier alpha value is -4.98. The molecule has 1 saturated heterocycles. The number of aromatic nitrogens is 1. The minimum absolute atomic E-state index is 0.0170. The number of hydrogen-bond donors (Lipinski definition) is 3. The Morgan fingerprint density at radius 3 is 2.33 bits per heavy atom. The molecule has 4 aliphatic carbocycles. The normalized spacial score (nSPS) is 31.3. The van der Waals surface area contributed by atoms with Crippen LogP contribution in [0.25, 0.3) is 10.9 Å². The largest absolute Gasteiger partial charge is 0.508 e. The highest BCUT2D eigenvalue weighted by Crippen LogP contribution is 2.61. The summed E-state index contributed by atoms with van der Waals surface area (Å²) in [4.78, 5) is 33.1. The van der Waals surface area contributed by atoms with Crippen molar-refractivity contribution in [2.75, 3.05) is 55.7 Å². The van der Waals surface area contributed by atoms with Gasteiger partial charge >= 0.3 is 11.9 Å². The van der Waals surface area contributed by atoms with E-state index in [1.807, 2.05) is 24.3 Å². The first-order chi connectivity index (χ1) is 30.9. The Bertz CT molecular complexity index is 2350. The molecule has 64 heavy (non-hydrogen) atoms. The number of aromatic amines is 1. The first-order valence-electron chi connectivity index (χ1n) is 23.0. The highest BCUT2D eigenvalue weighted by Gasteiger charge is 2.56. The van der Waals surface area contributed by atoms with Gasteiger partial charge in [-0.3, -0.25) is 9.69 Å². The summed E-state index contributed by atoms with van der Waals surface area (Å²) in [7, 11) is 9.10.